The average Bonchev–Trinajstić information content (AvgIpc) is 2.24. The van der Waals surface area contributed by atoms with Crippen LogP contribution in [0.5, 0.6) is 0 Å². The van der Waals surface area contributed by atoms with Crippen LogP contribution in [0.15, 0.2) is 27.6 Å². The fourth-order valence-electron chi connectivity index (χ4n) is 1.18. The van der Waals surface area contributed by atoms with E-state index in [1.54, 1.807) is 23.9 Å². The molecule has 0 aromatic heterocycles. The van der Waals surface area contributed by atoms with Gasteiger partial charge in [0.2, 0.25) is 0 Å². The number of carboxylic acid groups (broad SMARTS) is 1. The molecule has 0 spiro atoms. The van der Waals surface area contributed by atoms with E-state index in [2.05, 4.69) is 22.2 Å². The van der Waals surface area contributed by atoms with Crippen LogP contribution in [0.4, 0.5) is 0 Å². The highest BCUT2D eigenvalue weighted by Crippen LogP contribution is 2.27. The smallest absolute Gasteiger partial charge is 0.336 e. The Morgan fingerprint density at radius 3 is 2.81 bits per heavy atom. The largest absolute Gasteiger partial charge is 0.478 e. The van der Waals surface area contributed by atoms with Crippen molar-refractivity contribution >= 4 is 45.4 Å². The van der Waals surface area contributed by atoms with E-state index in [0.29, 0.717) is 5.56 Å². The molecule has 5 heteroatoms. The van der Waals surface area contributed by atoms with Crippen LogP contribution in [-0.2, 0) is 0 Å². The molecule has 16 heavy (non-hydrogen) atoms. The maximum Gasteiger partial charge on any atom is 0.336 e. The molecular formula is C11H13BrO2S2. The molecule has 88 valence electrons. The molecule has 1 aromatic carbocycles. The first-order valence-electron chi connectivity index (χ1n) is 4.79. The summed E-state index contributed by atoms with van der Waals surface area (Å²) in [5.74, 6) is 1.21. The van der Waals surface area contributed by atoms with E-state index in [-0.39, 0.29) is 0 Å². The van der Waals surface area contributed by atoms with E-state index >= 15 is 0 Å². The second kappa shape index (κ2) is 7.25. The fraction of sp³-hybridized carbons (Fsp3) is 0.364. The van der Waals surface area contributed by atoms with Crippen molar-refractivity contribution in [2.45, 2.75) is 11.3 Å². The highest BCUT2D eigenvalue weighted by Gasteiger charge is 2.10. The molecule has 1 N–H and O–H groups in total. The topological polar surface area (TPSA) is 37.3 Å². The van der Waals surface area contributed by atoms with Gasteiger partial charge in [0.25, 0.3) is 0 Å². The Labute approximate surface area is 112 Å². The summed E-state index contributed by atoms with van der Waals surface area (Å²) in [6.45, 7) is 0. The number of carbonyl (C=O) groups is 1. The average molecular weight is 321 g/mol. The number of hydrogen-bond donors (Lipinski definition) is 1. The number of hydrogen-bond acceptors (Lipinski definition) is 3. The van der Waals surface area contributed by atoms with E-state index in [1.165, 1.54) is 0 Å². The van der Waals surface area contributed by atoms with Gasteiger partial charge < -0.3 is 5.11 Å². The van der Waals surface area contributed by atoms with Crippen LogP contribution in [0.3, 0.4) is 0 Å². The van der Waals surface area contributed by atoms with E-state index in [9.17, 15) is 4.79 Å². The van der Waals surface area contributed by atoms with E-state index in [1.807, 2.05) is 17.8 Å². The molecule has 0 aliphatic heterocycles. The Hall–Kier alpha value is -0.130. The Balaban J connectivity index is 2.68. The molecule has 0 saturated carbocycles. The number of carboxylic acids is 1. The van der Waals surface area contributed by atoms with Crippen molar-refractivity contribution in [3.8, 4) is 0 Å². The van der Waals surface area contributed by atoms with Gasteiger partial charge in [-0.15, -0.1) is 11.8 Å². The summed E-state index contributed by atoms with van der Waals surface area (Å²) in [6.07, 6.45) is 3.17. The zero-order valence-electron chi connectivity index (χ0n) is 8.90. The van der Waals surface area contributed by atoms with Crippen LogP contribution in [0.25, 0.3) is 0 Å². The van der Waals surface area contributed by atoms with Crippen molar-refractivity contribution in [2.24, 2.45) is 0 Å². The van der Waals surface area contributed by atoms with Crippen molar-refractivity contribution in [1.82, 2.24) is 0 Å². The fourth-order valence-corrected chi connectivity index (χ4v) is 3.34. The lowest BCUT2D eigenvalue weighted by atomic mass is 10.2. The predicted molar refractivity (Wildman–Crippen MR) is 74.8 cm³/mol. The van der Waals surface area contributed by atoms with Gasteiger partial charge in [-0.1, -0.05) is 15.9 Å². The maximum absolute atomic E-state index is 11.0. The second-order valence-corrected chi connectivity index (χ2v) is 6.18. The van der Waals surface area contributed by atoms with E-state index < -0.39 is 5.97 Å². The van der Waals surface area contributed by atoms with Crippen LogP contribution in [0.2, 0.25) is 0 Å². The Morgan fingerprint density at radius 2 is 2.19 bits per heavy atom. The van der Waals surface area contributed by atoms with Gasteiger partial charge in [-0.05, 0) is 42.4 Å². The SMILES string of the molecule is CSCCCSc1cc(Br)ccc1C(=O)O. The zero-order chi connectivity index (χ0) is 12.0. The highest BCUT2D eigenvalue weighted by molar-refractivity contribution is 9.10. The zero-order valence-corrected chi connectivity index (χ0v) is 12.1. The van der Waals surface area contributed by atoms with Crippen molar-refractivity contribution in [2.75, 3.05) is 17.8 Å². The first kappa shape index (κ1) is 13.9. The number of halogens is 1. The molecule has 0 radical (unpaired) electrons. The van der Waals surface area contributed by atoms with Crippen LogP contribution >= 0.6 is 39.5 Å². The van der Waals surface area contributed by atoms with Crippen molar-refractivity contribution in [1.29, 1.82) is 0 Å². The quantitative estimate of drug-likeness (QED) is 0.635. The standard InChI is InChI=1S/C11H13BrO2S2/c1-15-5-2-6-16-10-7-8(12)3-4-9(10)11(13)14/h3-4,7H,2,5-6H2,1H3,(H,13,14). The molecule has 0 saturated heterocycles. The van der Waals surface area contributed by atoms with Crippen LogP contribution in [0, 0.1) is 0 Å². The van der Waals surface area contributed by atoms with Gasteiger partial charge in [-0.25, -0.2) is 4.79 Å². The monoisotopic (exact) mass is 320 g/mol. The molecule has 0 heterocycles. The van der Waals surface area contributed by atoms with Gasteiger partial charge in [0.1, 0.15) is 0 Å². The predicted octanol–water partition coefficient (Wildman–Crippen LogP) is 3.99. The number of benzene rings is 1. The van der Waals surface area contributed by atoms with Gasteiger partial charge in [-0.2, -0.15) is 11.8 Å². The first-order valence-corrected chi connectivity index (χ1v) is 7.97. The van der Waals surface area contributed by atoms with Gasteiger partial charge in [0.15, 0.2) is 0 Å². The normalized spacial score (nSPS) is 10.4. The lowest BCUT2D eigenvalue weighted by Gasteiger charge is -2.06. The summed E-state index contributed by atoms with van der Waals surface area (Å²) in [4.78, 5) is 11.8. The minimum absolute atomic E-state index is 0.386. The third kappa shape index (κ3) is 4.39. The second-order valence-electron chi connectivity index (χ2n) is 3.14. The Morgan fingerprint density at radius 1 is 1.44 bits per heavy atom. The van der Waals surface area contributed by atoms with Gasteiger partial charge >= 0.3 is 5.97 Å². The van der Waals surface area contributed by atoms with Crippen molar-refractivity contribution < 1.29 is 9.90 Å². The summed E-state index contributed by atoms with van der Waals surface area (Å²) in [7, 11) is 0. The molecule has 1 aromatic rings. The molecule has 0 aliphatic rings. The highest BCUT2D eigenvalue weighted by atomic mass is 79.9. The minimum Gasteiger partial charge on any atom is -0.478 e. The number of aromatic carboxylic acids is 1. The lowest BCUT2D eigenvalue weighted by molar-refractivity contribution is 0.0693. The van der Waals surface area contributed by atoms with Crippen molar-refractivity contribution in [3.05, 3.63) is 28.2 Å². The summed E-state index contributed by atoms with van der Waals surface area (Å²) in [5, 5.41) is 9.03. The summed E-state index contributed by atoms with van der Waals surface area (Å²) in [6, 6.07) is 5.27. The van der Waals surface area contributed by atoms with Crippen LogP contribution in [-0.4, -0.2) is 28.8 Å². The molecule has 0 fully saturated rings. The van der Waals surface area contributed by atoms with Crippen LogP contribution < -0.4 is 0 Å². The molecule has 0 atom stereocenters. The molecule has 0 amide bonds. The van der Waals surface area contributed by atoms with Gasteiger partial charge in [-0.3, -0.25) is 0 Å². The maximum atomic E-state index is 11.0. The molecule has 0 unspecified atom stereocenters. The van der Waals surface area contributed by atoms with E-state index in [0.717, 1.165) is 27.3 Å². The minimum atomic E-state index is -0.861. The Bertz CT molecular complexity index is 369. The number of thioether (sulfide) groups is 2. The third-order valence-corrected chi connectivity index (χ3v) is 4.26. The summed E-state index contributed by atoms with van der Waals surface area (Å²) in [5.41, 5.74) is 0.386. The molecule has 1 rings (SSSR count). The third-order valence-electron chi connectivity index (χ3n) is 1.92. The van der Waals surface area contributed by atoms with Crippen LogP contribution in [0.1, 0.15) is 16.8 Å². The van der Waals surface area contributed by atoms with Crippen molar-refractivity contribution in [3.63, 3.8) is 0 Å². The molecule has 2 nitrogen and oxygen atoms in total. The lowest BCUT2D eigenvalue weighted by Crippen LogP contribution is -1.99. The van der Waals surface area contributed by atoms with E-state index in [4.69, 9.17) is 5.11 Å². The van der Waals surface area contributed by atoms with Gasteiger partial charge in [0.05, 0.1) is 5.56 Å². The summed E-state index contributed by atoms with van der Waals surface area (Å²) < 4.78 is 0.921. The number of rotatable bonds is 6. The molecular weight excluding hydrogens is 308 g/mol. The van der Waals surface area contributed by atoms with Gasteiger partial charge in [0, 0.05) is 9.37 Å². The molecule has 0 bridgehead atoms. The molecule has 0 aliphatic carbocycles. The first-order chi connectivity index (χ1) is 7.65. The Kier molecular flexibility index (Phi) is 6.31. The summed E-state index contributed by atoms with van der Waals surface area (Å²) >= 11 is 6.77.